The van der Waals surface area contributed by atoms with Crippen molar-refractivity contribution in [2.24, 2.45) is 0 Å². The van der Waals surface area contributed by atoms with Crippen LogP contribution in [0.1, 0.15) is 39.0 Å². The van der Waals surface area contributed by atoms with Crippen molar-refractivity contribution in [2.45, 2.75) is 69.7 Å². The highest BCUT2D eigenvalue weighted by atomic mass is 16.6. The van der Waals surface area contributed by atoms with Crippen LogP contribution in [0.2, 0.25) is 0 Å². The Bertz CT molecular complexity index is 945. The minimum Gasteiger partial charge on any atom is -0.496 e. The molecule has 2 saturated heterocycles. The highest BCUT2D eigenvalue weighted by molar-refractivity contribution is 5.52. The highest BCUT2D eigenvalue weighted by Crippen LogP contribution is 2.52. The molecular weight excluding hydrogens is 388 g/mol. The van der Waals surface area contributed by atoms with E-state index < -0.39 is 34.6 Å². The summed E-state index contributed by atoms with van der Waals surface area (Å²) in [6.45, 7) is 8.92. The van der Waals surface area contributed by atoms with Crippen LogP contribution in [-0.4, -0.2) is 52.4 Å². The Hall–Kier alpha value is -2.19. The first-order chi connectivity index (χ1) is 14.0. The Labute approximate surface area is 176 Å². The maximum Gasteiger partial charge on any atom is 0.339 e. The lowest BCUT2D eigenvalue weighted by atomic mass is 9.73. The molecule has 2 fully saturated rings. The Morgan fingerprint density at radius 3 is 2.40 bits per heavy atom. The van der Waals surface area contributed by atoms with Crippen molar-refractivity contribution in [3.63, 3.8) is 0 Å². The number of ether oxygens (including phenoxy) is 3. The van der Waals surface area contributed by atoms with Crippen LogP contribution >= 0.6 is 0 Å². The lowest BCUT2D eigenvalue weighted by Gasteiger charge is -2.51. The monoisotopic (exact) mass is 418 g/mol. The molecule has 0 amide bonds. The summed E-state index contributed by atoms with van der Waals surface area (Å²) in [7, 11) is 1.50. The maximum atomic E-state index is 11.6. The molecule has 0 spiro atoms. The van der Waals surface area contributed by atoms with Gasteiger partial charge in [0, 0.05) is 5.56 Å². The number of aliphatic hydroxyl groups is 2. The molecule has 3 unspecified atom stereocenters. The van der Waals surface area contributed by atoms with Gasteiger partial charge in [-0.3, -0.25) is 0 Å². The maximum absolute atomic E-state index is 11.6. The fourth-order valence-corrected chi connectivity index (χ4v) is 4.37. The number of aliphatic hydroxyl groups excluding tert-OH is 2. The predicted octanol–water partition coefficient (Wildman–Crippen LogP) is 2.53. The standard InChI is InChI=1S/C23H30O7/c1-14-16(28-18(24)13-17(14)27-6)11-9-7-8-10-12-21(3)19(25)23(5)20(26)22(4,30-21)15(2)29-23/h7-13,15,19-20,25-26H,1-6H3/b8-7+,11-9+,12-10+/t15-,19+,20?,21+,22?,23?/m1/s1. The number of hydrogen-bond acceptors (Lipinski definition) is 7. The molecule has 1 aromatic rings. The summed E-state index contributed by atoms with van der Waals surface area (Å²) in [4.78, 5) is 11.6. The predicted molar refractivity (Wildman–Crippen MR) is 112 cm³/mol. The van der Waals surface area contributed by atoms with Gasteiger partial charge in [0.15, 0.2) is 0 Å². The third-order valence-corrected chi connectivity index (χ3v) is 6.28. The molecule has 0 saturated carbocycles. The molecule has 7 heteroatoms. The molecule has 3 heterocycles. The summed E-state index contributed by atoms with van der Waals surface area (Å²) in [5.74, 6) is 0.893. The van der Waals surface area contributed by atoms with Gasteiger partial charge in [0.2, 0.25) is 0 Å². The first-order valence-electron chi connectivity index (χ1n) is 9.93. The minimum absolute atomic E-state index is 0.360. The van der Waals surface area contributed by atoms with E-state index >= 15 is 0 Å². The molecule has 0 aromatic carbocycles. The molecule has 7 nitrogen and oxygen atoms in total. The molecule has 6 atom stereocenters. The number of fused-ring (bicyclic) bond motifs is 2. The van der Waals surface area contributed by atoms with Gasteiger partial charge in [-0.25, -0.2) is 4.79 Å². The normalized spacial score (nSPS) is 38.9. The van der Waals surface area contributed by atoms with Crippen LogP contribution in [0.15, 0.2) is 45.7 Å². The summed E-state index contributed by atoms with van der Waals surface area (Å²) < 4.78 is 22.4. The van der Waals surface area contributed by atoms with Crippen LogP contribution in [-0.2, 0) is 9.47 Å². The van der Waals surface area contributed by atoms with Crippen molar-refractivity contribution < 1.29 is 28.8 Å². The largest absolute Gasteiger partial charge is 0.496 e. The van der Waals surface area contributed by atoms with Crippen molar-refractivity contribution in [3.8, 4) is 5.75 Å². The molecule has 0 radical (unpaired) electrons. The van der Waals surface area contributed by atoms with Gasteiger partial charge in [0.1, 0.15) is 40.5 Å². The molecule has 2 aliphatic rings. The highest BCUT2D eigenvalue weighted by Gasteiger charge is 2.70. The summed E-state index contributed by atoms with van der Waals surface area (Å²) in [6, 6.07) is 1.30. The summed E-state index contributed by atoms with van der Waals surface area (Å²) in [6.07, 6.45) is 8.11. The molecule has 2 bridgehead atoms. The zero-order chi connectivity index (χ0) is 22.3. The van der Waals surface area contributed by atoms with E-state index in [0.29, 0.717) is 11.5 Å². The van der Waals surface area contributed by atoms with Gasteiger partial charge >= 0.3 is 5.63 Å². The average molecular weight is 418 g/mol. The van der Waals surface area contributed by atoms with Crippen molar-refractivity contribution in [1.29, 1.82) is 0 Å². The van der Waals surface area contributed by atoms with Crippen LogP contribution in [0.4, 0.5) is 0 Å². The fraction of sp³-hybridized carbons (Fsp3) is 0.522. The second kappa shape index (κ2) is 7.81. The molecular formula is C23H30O7. The first kappa shape index (κ1) is 22.5. The molecule has 164 valence electrons. The quantitative estimate of drug-likeness (QED) is 0.709. The molecule has 0 aliphatic carbocycles. The van der Waals surface area contributed by atoms with Gasteiger partial charge in [-0.1, -0.05) is 30.4 Å². The van der Waals surface area contributed by atoms with E-state index in [1.165, 1.54) is 13.2 Å². The molecule has 2 N–H and O–H groups in total. The van der Waals surface area contributed by atoms with Crippen molar-refractivity contribution in [2.75, 3.05) is 7.11 Å². The molecule has 2 aliphatic heterocycles. The van der Waals surface area contributed by atoms with Gasteiger partial charge in [-0.05, 0) is 40.7 Å². The summed E-state index contributed by atoms with van der Waals surface area (Å²) in [5.41, 5.74) is -2.81. The lowest BCUT2D eigenvalue weighted by Crippen LogP contribution is -2.69. The van der Waals surface area contributed by atoms with E-state index in [-0.39, 0.29) is 6.10 Å². The number of hydrogen-bond donors (Lipinski definition) is 2. The van der Waals surface area contributed by atoms with Gasteiger partial charge in [-0.2, -0.15) is 0 Å². The van der Waals surface area contributed by atoms with E-state index in [1.54, 1.807) is 64.2 Å². The van der Waals surface area contributed by atoms with Crippen LogP contribution in [0.25, 0.3) is 6.08 Å². The zero-order valence-corrected chi connectivity index (χ0v) is 18.2. The minimum atomic E-state index is -1.11. The lowest BCUT2D eigenvalue weighted by molar-refractivity contribution is -0.261. The fourth-order valence-electron chi connectivity index (χ4n) is 4.37. The van der Waals surface area contributed by atoms with E-state index in [4.69, 9.17) is 18.6 Å². The second-order valence-corrected chi connectivity index (χ2v) is 8.44. The third kappa shape index (κ3) is 3.56. The first-order valence-corrected chi connectivity index (χ1v) is 9.93. The van der Waals surface area contributed by atoms with E-state index in [1.807, 2.05) is 6.92 Å². The van der Waals surface area contributed by atoms with Crippen LogP contribution in [0.5, 0.6) is 5.75 Å². The Balaban J connectivity index is 1.74. The van der Waals surface area contributed by atoms with E-state index in [9.17, 15) is 15.0 Å². The smallest absolute Gasteiger partial charge is 0.339 e. The van der Waals surface area contributed by atoms with E-state index in [0.717, 1.165) is 5.56 Å². The topological polar surface area (TPSA) is 98.4 Å². The SMILES string of the molecule is COc1cc(=O)oc(/C=C/C=C/C=C/[C@]2(C)OC3(C)C(O)C(C)(O[C@@H]3C)[C@H]2O)c1C. The average Bonchev–Trinajstić information content (AvgIpc) is 2.82. The van der Waals surface area contributed by atoms with Crippen LogP contribution < -0.4 is 10.4 Å². The van der Waals surface area contributed by atoms with Gasteiger partial charge in [0.25, 0.3) is 0 Å². The Kier molecular flexibility index (Phi) is 5.86. The van der Waals surface area contributed by atoms with Gasteiger partial charge in [0.05, 0.1) is 19.3 Å². The van der Waals surface area contributed by atoms with Crippen molar-refractivity contribution >= 4 is 6.08 Å². The van der Waals surface area contributed by atoms with Crippen LogP contribution in [0, 0.1) is 6.92 Å². The molecule has 30 heavy (non-hydrogen) atoms. The number of methoxy groups -OCH3 is 1. The second-order valence-electron chi connectivity index (χ2n) is 8.44. The third-order valence-electron chi connectivity index (χ3n) is 6.28. The Morgan fingerprint density at radius 1 is 1.07 bits per heavy atom. The van der Waals surface area contributed by atoms with Gasteiger partial charge in [-0.15, -0.1) is 0 Å². The number of rotatable bonds is 5. The van der Waals surface area contributed by atoms with Gasteiger partial charge < -0.3 is 28.8 Å². The summed E-state index contributed by atoms with van der Waals surface area (Å²) >= 11 is 0. The Morgan fingerprint density at radius 2 is 1.73 bits per heavy atom. The summed E-state index contributed by atoms with van der Waals surface area (Å²) in [5, 5.41) is 21.5. The van der Waals surface area contributed by atoms with Crippen molar-refractivity contribution in [3.05, 3.63) is 58.2 Å². The van der Waals surface area contributed by atoms with Crippen LogP contribution in [0.3, 0.4) is 0 Å². The van der Waals surface area contributed by atoms with E-state index in [2.05, 4.69) is 0 Å². The molecule has 1 aromatic heterocycles. The zero-order valence-electron chi connectivity index (χ0n) is 18.2. The molecule has 3 rings (SSSR count). The van der Waals surface area contributed by atoms with Crippen molar-refractivity contribution in [1.82, 2.24) is 0 Å². The number of allylic oxidation sites excluding steroid dienone is 4.